The third-order valence-electron chi connectivity index (χ3n) is 8.43. The maximum atomic E-state index is 13.9. The van der Waals surface area contributed by atoms with E-state index in [4.69, 9.17) is 5.73 Å². The second-order valence-corrected chi connectivity index (χ2v) is 15.2. The minimum absolute atomic E-state index is 0.126. The summed E-state index contributed by atoms with van der Waals surface area (Å²) in [6.45, 7) is 15.8. The summed E-state index contributed by atoms with van der Waals surface area (Å²) in [5, 5.41) is 14.6. The summed E-state index contributed by atoms with van der Waals surface area (Å²) in [6, 6.07) is 15.1. The first-order chi connectivity index (χ1) is 24.0. The average Bonchev–Trinajstić information content (AvgIpc) is 3.04. The van der Waals surface area contributed by atoms with E-state index in [-0.39, 0.29) is 41.9 Å². The first-order valence-corrected chi connectivity index (χ1v) is 18.4. The minimum Gasteiger partial charge on any atom is -0.350 e. The number of nitrogens with one attached hydrogen (secondary N) is 5. The highest BCUT2D eigenvalue weighted by Gasteiger charge is 2.32. The number of carbonyl (C=O) groups is 5. The summed E-state index contributed by atoms with van der Waals surface area (Å²) in [5.41, 5.74) is 8.52. The van der Waals surface area contributed by atoms with Gasteiger partial charge in [-0.05, 0) is 54.1 Å². The van der Waals surface area contributed by atoms with E-state index >= 15 is 0 Å². The predicted octanol–water partition coefficient (Wildman–Crippen LogP) is 4.00. The Hall–Kier alpha value is -4.25. The fourth-order valence-electron chi connectivity index (χ4n) is 5.79. The number of carbonyl (C=O) groups excluding carboxylic acids is 5. The van der Waals surface area contributed by atoms with Crippen molar-refractivity contribution in [2.75, 3.05) is 0 Å². The van der Waals surface area contributed by atoms with E-state index in [2.05, 4.69) is 26.6 Å². The molecule has 0 saturated carbocycles. The molecule has 0 bridgehead atoms. The van der Waals surface area contributed by atoms with Crippen LogP contribution in [0, 0.1) is 23.7 Å². The maximum Gasteiger partial charge on any atom is 0.243 e. The van der Waals surface area contributed by atoms with E-state index < -0.39 is 47.9 Å². The van der Waals surface area contributed by atoms with Crippen molar-refractivity contribution in [1.29, 1.82) is 0 Å². The normalized spacial score (nSPS) is 14.4. The van der Waals surface area contributed by atoms with Gasteiger partial charge in [-0.3, -0.25) is 24.0 Å². The molecular weight excluding hydrogens is 644 g/mol. The molecule has 282 valence electrons. The lowest BCUT2D eigenvalue weighted by Gasteiger charge is -2.30. The lowest BCUT2D eigenvalue weighted by atomic mass is 9.95. The van der Waals surface area contributed by atoms with Gasteiger partial charge < -0.3 is 32.3 Å². The Morgan fingerprint density at radius 2 is 1.06 bits per heavy atom. The molecule has 2 aromatic rings. The number of hydrogen-bond donors (Lipinski definition) is 6. The van der Waals surface area contributed by atoms with Crippen LogP contribution in [-0.2, 0) is 36.9 Å². The van der Waals surface area contributed by atoms with Crippen molar-refractivity contribution in [3.8, 4) is 0 Å². The van der Waals surface area contributed by atoms with Crippen molar-refractivity contribution in [2.45, 2.75) is 124 Å². The molecule has 0 aromatic heterocycles. The van der Waals surface area contributed by atoms with Gasteiger partial charge in [0.2, 0.25) is 29.5 Å². The fourth-order valence-corrected chi connectivity index (χ4v) is 5.79. The van der Waals surface area contributed by atoms with Gasteiger partial charge in [-0.25, -0.2) is 0 Å². The molecule has 0 aliphatic carbocycles. The quantitative estimate of drug-likeness (QED) is 0.115. The molecule has 11 heteroatoms. The number of amides is 5. The summed E-state index contributed by atoms with van der Waals surface area (Å²) < 4.78 is 0. The molecule has 0 fully saturated rings. The highest BCUT2D eigenvalue weighted by Crippen LogP contribution is 2.13. The molecule has 0 spiro atoms. The predicted molar refractivity (Wildman–Crippen MR) is 202 cm³/mol. The van der Waals surface area contributed by atoms with Crippen molar-refractivity contribution in [2.24, 2.45) is 29.4 Å². The molecule has 0 aliphatic rings. The Bertz CT molecular complexity index is 1380. The standard InChI is InChI=1S/C40H62N6O5/c1-25(2)19-33(38(49)42-24-30-17-13-10-14-18-30)43-36(48)23-31(41)32(22-29-15-11-9-12-16-29)45-40(51)37(28(7)8)46-39(50)34(20-26(3)4)44-35(47)21-27(5)6/h9-18,25-28,31-34,37H,19-24,41H2,1-8H3,(H,42,49)(H,43,48)(H,44,47)(H,45,51)(H,46,50)/t31-,32-,33-,34-,37-/m0/s1. The van der Waals surface area contributed by atoms with Gasteiger partial charge >= 0.3 is 0 Å². The van der Waals surface area contributed by atoms with Gasteiger partial charge in [0.05, 0.1) is 0 Å². The van der Waals surface area contributed by atoms with Crippen molar-refractivity contribution in [3.05, 3.63) is 71.8 Å². The van der Waals surface area contributed by atoms with Crippen LogP contribution < -0.4 is 32.3 Å². The van der Waals surface area contributed by atoms with Crippen molar-refractivity contribution in [1.82, 2.24) is 26.6 Å². The minimum atomic E-state index is -0.919. The van der Waals surface area contributed by atoms with Crippen LogP contribution >= 0.6 is 0 Å². The zero-order valence-corrected chi connectivity index (χ0v) is 31.8. The zero-order chi connectivity index (χ0) is 38.1. The van der Waals surface area contributed by atoms with Crippen molar-refractivity contribution >= 4 is 29.5 Å². The van der Waals surface area contributed by atoms with Crippen LogP contribution in [0.25, 0.3) is 0 Å². The van der Waals surface area contributed by atoms with Gasteiger partial charge in [-0.2, -0.15) is 0 Å². The van der Waals surface area contributed by atoms with Crippen LogP contribution in [0.15, 0.2) is 60.7 Å². The Morgan fingerprint density at radius 3 is 1.55 bits per heavy atom. The van der Waals surface area contributed by atoms with Crippen LogP contribution in [0.3, 0.4) is 0 Å². The third kappa shape index (κ3) is 16.5. The first kappa shape index (κ1) is 42.9. The van der Waals surface area contributed by atoms with Crippen LogP contribution in [0.1, 0.15) is 92.2 Å². The maximum absolute atomic E-state index is 13.9. The van der Waals surface area contributed by atoms with Gasteiger partial charge in [0.15, 0.2) is 0 Å². The van der Waals surface area contributed by atoms with Gasteiger partial charge in [-0.15, -0.1) is 0 Å². The van der Waals surface area contributed by atoms with E-state index in [1.165, 1.54) is 0 Å². The SMILES string of the molecule is CC(C)CC(=O)N[C@@H](CC(C)C)C(=O)N[C@H](C(=O)N[C@@H](Cc1ccccc1)[C@@H](N)CC(=O)N[C@@H](CC(C)C)C(=O)NCc1ccccc1)C(C)C. The van der Waals surface area contributed by atoms with Crippen LogP contribution in [0.4, 0.5) is 0 Å². The smallest absolute Gasteiger partial charge is 0.243 e. The lowest BCUT2D eigenvalue weighted by molar-refractivity contribution is -0.133. The highest BCUT2D eigenvalue weighted by molar-refractivity contribution is 5.92. The Balaban J connectivity index is 2.20. The van der Waals surface area contributed by atoms with Crippen LogP contribution in [0.2, 0.25) is 0 Å². The molecule has 5 atom stereocenters. The van der Waals surface area contributed by atoms with Gasteiger partial charge in [0.25, 0.3) is 0 Å². The summed E-state index contributed by atoms with van der Waals surface area (Å²) in [4.78, 5) is 66.6. The molecule has 2 rings (SSSR count). The Kier molecular flexibility index (Phi) is 18.4. The van der Waals surface area contributed by atoms with Gasteiger partial charge in [0.1, 0.15) is 18.1 Å². The number of nitrogens with two attached hydrogens (primary N) is 1. The Morgan fingerprint density at radius 1 is 0.569 bits per heavy atom. The number of rotatable bonds is 21. The second-order valence-electron chi connectivity index (χ2n) is 15.2. The molecule has 0 saturated heterocycles. The molecule has 5 amide bonds. The summed E-state index contributed by atoms with van der Waals surface area (Å²) in [6.07, 6.45) is 1.35. The summed E-state index contributed by atoms with van der Waals surface area (Å²) >= 11 is 0. The van der Waals surface area contributed by atoms with E-state index in [1.54, 1.807) is 0 Å². The second kappa shape index (κ2) is 21.9. The first-order valence-electron chi connectivity index (χ1n) is 18.4. The van der Waals surface area contributed by atoms with Gasteiger partial charge in [0, 0.05) is 31.5 Å². The number of hydrogen-bond acceptors (Lipinski definition) is 6. The van der Waals surface area contributed by atoms with Crippen LogP contribution in [-0.4, -0.2) is 59.7 Å². The molecule has 0 unspecified atom stereocenters. The molecule has 51 heavy (non-hydrogen) atoms. The van der Waals surface area contributed by atoms with E-state index in [9.17, 15) is 24.0 Å². The van der Waals surface area contributed by atoms with Crippen molar-refractivity contribution in [3.63, 3.8) is 0 Å². The number of benzene rings is 2. The summed E-state index contributed by atoms with van der Waals surface area (Å²) in [7, 11) is 0. The summed E-state index contributed by atoms with van der Waals surface area (Å²) in [5.74, 6) is -1.66. The van der Waals surface area contributed by atoms with Gasteiger partial charge in [-0.1, -0.05) is 116 Å². The van der Waals surface area contributed by atoms with E-state index in [1.807, 2.05) is 116 Å². The average molecular weight is 707 g/mol. The highest BCUT2D eigenvalue weighted by atomic mass is 16.2. The van der Waals surface area contributed by atoms with Crippen LogP contribution in [0.5, 0.6) is 0 Å². The topological polar surface area (TPSA) is 172 Å². The molecule has 11 nitrogen and oxygen atoms in total. The molecule has 0 radical (unpaired) electrons. The monoisotopic (exact) mass is 706 g/mol. The molecule has 7 N–H and O–H groups in total. The lowest BCUT2D eigenvalue weighted by Crippen LogP contribution is -2.59. The molecular formula is C40H62N6O5. The molecule has 0 aliphatic heterocycles. The molecule has 2 aromatic carbocycles. The Labute approximate surface area is 305 Å². The largest absolute Gasteiger partial charge is 0.350 e. The fraction of sp³-hybridized carbons (Fsp3) is 0.575. The molecule has 0 heterocycles. The van der Waals surface area contributed by atoms with Crippen molar-refractivity contribution < 1.29 is 24.0 Å². The van der Waals surface area contributed by atoms with E-state index in [0.717, 1.165) is 11.1 Å². The van der Waals surface area contributed by atoms with E-state index in [0.29, 0.717) is 32.2 Å². The third-order valence-corrected chi connectivity index (χ3v) is 8.43. The zero-order valence-electron chi connectivity index (χ0n) is 31.8.